The lowest BCUT2D eigenvalue weighted by Crippen LogP contribution is -2.42. The fourth-order valence-electron chi connectivity index (χ4n) is 2.81. The molecule has 0 fully saturated rings. The highest BCUT2D eigenvalue weighted by atomic mass is 16.5. The van der Waals surface area contributed by atoms with Gasteiger partial charge < -0.3 is 15.2 Å². The molecule has 0 aromatic heterocycles. The van der Waals surface area contributed by atoms with E-state index in [9.17, 15) is 9.90 Å². The van der Waals surface area contributed by atoms with Crippen molar-refractivity contribution >= 4 is 5.91 Å². The molecule has 0 aliphatic heterocycles. The zero-order valence-electron chi connectivity index (χ0n) is 12.5. The van der Waals surface area contributed by atoms with Crippen LogP contribution in [0.3, 0.4) is 0 Å². The van der Waals surface area contributed by atoms with E-state index in [1.807, 2.05) is 18.2 Å². The van der Waals surface area contributed by atoms with Gasteiger partial charge in [0.05, 0.1) is 13.7 Å². The Balaban J connectivity index is 2.09. The van der Waals surface area contributed by atoms with Crippen LogP contribution in [-0.4, -0.2) is 24.7 Å². The highest BCUT2D eigenvalue weighted by Crippen LogP contribution is 2.36. The smallest absolute Gasteiger partial charge is 0.220 e. The quantitative estimate of drug-likeness (QED) is 0.790. The van der Waals surface area contributed by atoms with E-state index in [2.05, 4.69) is 11.9 Å². The molecule has 1 aromatic carbocycles. The van der Waals surface area contributed by atoms with E-state index in [1.165, 1.54) is 0 Å². The summed E-state index contributed by atoms with van der Waals surface area (Å²) in [4.78, 5) is 11.7. The summed E-state index contributed by atoms with van der Waals surface area (Å²) in [5.74, 6) is 0.747. The van der Waals surface area contributed by atoms with Gasteiger partial charge in [0.2, 0.25) is 5.91 Å². The molecule has 1 aliphatic carbocycles. The number of benzene rings is 1. The number of aliphatic hydroxyl groups is 1. The number of methoxy groups -OCH3 is 1. The third kappa shape index (κ3) is 3.64. The first-order valence-corrected chi connectivity index (χ1v) is 7.36. The van der Waals surface area contributed by atoms with E-state index in [0.29, 0.717) is 19.3 Å². The van der Waals surface area contributed by atoms with E-state index >= 15 is 0 Å². The van der Waals surface area contributed by atoms with Crippen molar-refractivity contribution in [3.05, 3.63) is 42.0 Å². The van der Waals surface area contributed by atoms with Crippen LogP contribution in [-0.2, 0) is 16.8 Å². The Kier molecular flexibility index (Phi) is 5.02. The fraction of sp³-hybridized carbons (Fsp3) is 0.471. The summed E-state index contributed by atoms with van der Waals surface area (Å²) in [6.45, 7) is 3.85. The average molecular weight is 289 g/mol. The first-order valence-electron chi connectivity index (χ1n) is 7.36. The zero-order chi connectivity index (χ0) is 15.3. The predicted octanol–water partition coefficient (Wildman–Crippen LogP) is 2.30. The SMILES string of the molecule is C=CCCC(=O)NCC1(O)CCCc2cc(OC)ccc21. The Labute approximate surface area is 125 Å². The summed E-state index contributed by atoms with van der Waals surface area (Å²) in [5.41, 5.74) is 1.02. The van der Waals surface area contributed by atoms with Gasteiger partial charge in [0.25, 0.3) is 0 Å². The van der Waals surface area contributed by atoms with Crippen molar-refractivity contribution in [2.24, 2.45) is 0 Å². The van der Waals surface area contributed by atoms with Crippen LogP contribution in [0.1, 0.15) is 36.8 Å². The van der Waals surface area contributed by atoms with E-state index in [0.717, 1.165) is 29.7 Å². The predicted molar refractivity (Wildman–Crippen MR) is 82.3 cm³/mol. The third-order valence-electron chi connectivity index (χ3n) is 4.00. The van der Waals surface area contributed by atoms with Crippen molar-refractivity contribution in [3.63, 3.8) is 0 Å². The third-order valence-corrected chi connectivity index (χ3v) is 4.00. The van der Waals surface area contributed by atoms with Crippen molar-refractivity contribution < 1.29 is 14.6 Å². The van der Waals surface area contributed by atoms with Gasteiger partial charge in [-0.1, -0.05) is 12.1 Å². The molecule has 0 heterocycles. The Bertz CT molecular complexity index is 527. The topological polar surface area (TPSA) is 58.6 Å². The Morgan fingerprint density at radius 1 is 1.57 bits per heavy atom. The number of ether oxygens (including phenoxy) is 1. The summed E-state index contributed by atoms with van der Waals surface area (Å²) in [6, 6.07) is 5.73. The van der Waals surface area contributed by atoms with Gasteiger partial charge in [-0.05, 0) is 48.9 Å². The van der Waals surface area contributed by atoms with Crippen molar-refractivity contribution in [2.75, 3.05) is 13.7 Å². The highest BCUT2D eigenvalue weighted by molar-refractivity contribution is 5.76. The van der Waals surface area contributed by atoms with E-state index in [-0.39, 0.29) is 12.5 Å². The Morgan fingerprint density at radius 3 is 3.10 bits per heavy atom. The molecule has 114 valence electrons. The standard InChI is InChI=1S/C17H23NO3/c1-3-4-7-16(19)18-12-17(20)10-5-6-13-11-14(21-2)8-9-15(13)17/h3,8-9,11,20H,1,4-7,10,12H2,2H3,(H,18,19). The van der Waals surface area contributed by atoms with Crippen LogP contribution in [0.25, 0.3) is 0 Å². The summed E-state index contributed by atoms with van der Waals surface area (Å²) >= 11 is 0. The zero-order valence-corrected chi connectivity index (χ0v) is 12.5. The maximum absolute atomic E-state index is 11.7. The molecule has 1 unspecified atom stereocenters. The van der Waals surface area contributed by atoms with Crippen LogP contribution in [0.15, 0.2) is 30.9 Å². The minimum atomic E-state index is -0.982. The Hall–Kier alpha value is -1.81. The van der Waals surface area contributed by atoms with Crippen LogP contribution in [0.4, 0.5) is 0 Å². The molecular weight excluding hydrogens is 266 g/mol. The van der Waals surface area contributed by atoms with Gasteiger partial charge in [0.15, 0.2) is 0 Å². The number of fused-ring (bicyclic) bond motifs is 1. The van der Waals surface area contributed by atoms with Crippen molar-refractivity contribution in [1.82, 2.24) is 5.32 Å². The maximum Gasteiger partial charge on any atom is 0.220 e. The molecule has 1 atom stereocenters. The number of hydrogen-bond donors (Lipinski definition) is 2. The van der Waals surface area contributed by atoms with E-state index in [4.69, 9.17) is 4.74 Å². The molecule has 0 spiro atoms. The number of carbonyl (C=O) groups excluding carboxylic acids is 1. The largest absolute Gasteiger partial charge is 0.497 e. The molecule has 21 heavy (non-hydrogen) atoms. The molecule has 1 aliphatic rings. The second-order valence-corrected chi connectivity index (χ2v) is 5.51. The average Bonchev–Trinajstić information content (AvgIpc) is 2.51. The molecule has 2 N–H and O–H groups in total. The monoisotopic (exact) mass is 289 g/mol. The lowest BCUT2D eigenvalue weighted by atomic mass is 9.79. The maximum atomic E-state index is 11.7. The van der Waals surface area contributed by atoms with Crippen LogP contribution >= 0.6 is 0 Å². The van der Waals surface area contributed by atoms with E-state index < -0.39 is 5.60 Å². The number of rotatable bonds is 6. The fourth-order valence-corrected chi connectivity index (χ4v) is 2.81. The van der Waals surface area contributed by atoms with Gasteiger partial charge >= 0.3 is 0 Å². The van der Waals surface area contributed by atoms with Crippen LogP contribution in [0.5, 0.6) is 5.75 Å². The highest BCUT2D eigenvalue weighted by Gasteiger charge is 2.34. The molecule has 0 bridgehead atoms. The molecule has 1 aromatic rings. The van der Waals surface area contributed by atoms with E-state index in [1.54, 1.807) is 13.2 Å². The van der Waals surface area contributed by atoms with Gasteiger partial charge in [-0.3, -0.25) is 4.79 Å². The normalized spacial score (nSPS) is 20.5. The number of carbonyl (C=O) groups is 1. The number of allylic oxidation sites excluding steroid dienone is 1. The minimum absolute atomic E-state index is 0.0519. The van der Waals surface area contributed by atoms with Crippen molar-refractivity contribution in [1.29, 1.82) is 0 Å². The van der Waals surface area contributed by atoms with Gasteiger partial charge in [-0.25, -0.2) is 0 Å². The second kappa shape index (κ2) is 6.76. The van der Waals surface area contributed by atoms with Crippen LogP contribution < -0.4 is 10.1 Å². The summed E-state index contributed by atoms with van der Waals surface area (Å²) < 4.78 is 5.23. The number of hydrogen-bond acceptors (Lipinski definition) is 3. The Morgan fingerprint density at radius 2 is 2.38 bits per heavy atom. The summed E-state index contributed by atoms with van der Waals surface area (Å²) in [5, 5.41) is 13.7. The molecule has 4 heteroatoms. The molecule has 4 nitrogen and oxygen atoms in total. The molecule has 2 rings (SSSR count). The first kappa shape index (κ1) is 15.6. The van der Waals surface area contributed by atoms with Crippen molar-refractivity contribution in [2.45, 2.75) is 37.7 Å². The molecule has 0 saturated heterocycles. The number of aryl methyl sites for hydroxylation is 1. The molecular formula is C17H23NO3. The lowest BCUT2D eigenvalue weighted by Gasteiger charge is -2.35. The summed E-state index contributed by atoms with van der Waals surface area (Å²) in [7, 11) is 1.64. The number of amides is 1. The van der Waals surface area contributed by atoms with Gasteiger partial charge in [-0.15, -0.1) is 6.58 Å². The number of nitrogens with one attached hydrogen (secondary N) is 1. The minimum Gasteiger partial charge on any atom is -0.497 e. The van der Waals surface area contributed by atoms with Gasteiger partial charge in [-0.2, -0.15) is 0 Å². The molecule has 0 radical (unpaired) electrons. The molecule has 0 saturated carbocycles. The van der Waals surface area contributed by atoms with Gasteiger partial charge in [0.1, 0.15) is 11.4 Å². The molecule has 1 amide bonds. The first-order chi connectivity index (χ1) is 10.1. The van der Waals surface area contributed by atoms with Gasteiger partial charge in [0, 0.05) is 6.42 Å². The van der Waals surface area contributed by atoms with Crippen molar-refractivity contribution in [3.8, 4) is 5.75 Å². The van der Waals surface area contributed by atoms with Crippen LogP contribution in [0, 0.1) is 0 Å². The summed E-state index contributed by atoms with van der Waals surface area (Å²) in [6.07, 6.45) is 5.27. The second-order valence-electron chi connectivity index (χ2n) is 5.51. The lowest BCUT2D eigenvalue weighted by molar-refractivity contribution is -0.122. The van der Waals surface area contributed by atoms with Crippen LogP contribution in [0.2, 0.25) is 0 Å².